The maximum absolute atomic E-state index is 12.2. The summed E-state index contributed by atoms with van der Waals surface area (Å²) in [6.07, 6.45) is 1.70. The molecule has 2 rings (SSSR count). The predicted octanol–water partition coefficient (Wildman–Crippen LogP) is 2.02. The number of nitrogens with zero attached hydrogens (tertiary/aromatic N) is 1. The van der Waals surface area contributed by atoms with Crippen molar-refractivity contribution >= 4 is 32.7 Å². The summed E-state index contributed by atoms with van der Waals surface area (Å²) in [5, 5.41) is 3.97. The second-order valence-corrected chi connectivity index (χ2v) is 8.82. The molecule has 20 heavy (non-hydrogen) atoms. The van der Waals surface area contributed by atoms with Crippen LogP contribution in [0.3, 0.4) is 0 Å². The topological polar surface area (TPSA) is 71.1 Å². The molecule has 0 bridgehead atoms. The summed E-state index contributed by atoms with van der Waals surface area (Å²) in [7, 11) is -1.60. The molecule has 0 saturated carbocycles. The summed E-state index contributed by atoms with van der Waals surface area (Å²) in [6, 6.07) is 1.72. The molecule has 2 N–H and O–H groups in total. The molecule has 0 aliphatic carbocycles. The Balaban J connectivity index is 2.11. The molecule has 0 saturated heterocycles. The Morgan fingerprint density at radius 3 is 2.60 bits per heavy atom. The SMILES string of the molecule is CNCc1sc(S(=O)(=O)NCc2cnc(C)s2)cc1C. The molecule has 110 valence electrons. The smallest absolute Gasteiger partial charge is 0.250 e. The van der Waals surface area contributed by atoms with Gasteiger partial charge in [-0.2, -0.15) is 0 Å². The van der Waals surface area contributed by atoms with Gasteiger partial charge in [0.15, 0.2) is 0 Å². The van der Waals surface area contributed by atoms with E-state index in [2.05, 4.69) is 15.0 Å². The third-order valence-electron chi connectivity index (χ3n) is 2.71. The zero-order chi connectivity index (χ0) is 14.8. The molecule has 0 unspecified atom stereocenters. The summed E-state index contributed by atoms with van der Waals surface area (Å²) >= 11 is 2.80. The Kier molecular flexibility index (Phi) is 4.92. The van der Waals surface area contributed by atoms with E-state index in [-0.39, 0.29) is 6.54 Å². The van der Waals surface area contributed by atoms with Crippen LogP contribution in [0.2, 0.25) is 0 Å². The van der Waals surface area contributed by atoms with E-state index in [1.165, 1.54) is 22.7 Å². The molecule has 0 aliphatic heterocycles. The fraction of sp³-hybridized carbons (Fsp3) is 0.417. The lowest BCUT2D eigenvalue weighted by Gasteiger charge is -2.02. The lowest BCUT2D eigenvalue weighted by Crippen LogP contribution is -2.21. The maximum Gasteiger partial charge on any atom is 0.250 e. The van der Waals surface area contributed by atoms with Crippen molar-refractivity contribution in [3.8, 4) is 0 Å². The Morgan fingerprint density at radius 2 is 2.00 bits per heavy atom. The largest absolute Gasteiger partial charge is 0.315 e. The van der Waals surface area contributed by atoms with Gasteiger partial charge in [-0.05, 0) is 32.5 Å². The van der Waals surface area contributed by atoms with E-state index in [9.17, 15) is 8.42 Å². The molecule has 2 heterocycles. The minimum absolute atomic E-state index is 0.284. The van der Waals surface area contributed by atoms with Crippen LogP contribution in [0.25, 0.3) is 0 Å². The van der Waals surface area contributed by atoms with Crippen LogP contribution < -0.4 is 10.0 Å². The Morgan fingerprint density at radius 1 is 1.25 bits per heavy atom. The fourth-order valence-corrected chi connectivity index (χ4v) is 5.16. The molecular formula is C12H17N3O2S3. The van der Waals surface area contributed by atoms with Gasteiger partial charge < -0.3 is 5.32 Å². The van der Waals surface area contributed by atoms with E-state index in [0.717, 1.165) is 20.3 Å². The second kappa shape index (κ2) is 6.31. The monoisotopic (exact) mass is 331 g/mol. The van der Waals surface area contributed by atoms with Crippen molar-refractivity contribution in [1.29, 1.82) is 0 Å². The van der Waals surface area contributed by atoms with Gasteiger partial charge in [0, 0.05) is 29.0 Å². The highest BCUT2D eigenvalue weighted by atomic mass is 32.2. The van der Waals surface area contributed by atoms with Crippen molar-refractivity contribution in [2.75, 3.05) is 7.05 Å². The predicted molar refractivity (Wildman–Crippen MR) is 82.7 cm³/mol. The molecular weight excluding hydrogens is 314 g/mol. The van der Waals surface area contributed by atoms with E-state index in [4.69, 9.17) is 0 Å². The summed E-state index contributed by atoms with van der Waals surface area (Å²) in [5.74, 6) is 0. The maximum atomic E-state index is 12.2. The number of thiophene rings is 1. The van der Waals surface area contributed by atoms with E-state index in [1.807, 2.05) is 20.9 Å². The molecule has 0 aromatic carbocycles. The van der Waals surface area contributed by atoms with Crippen molar-refractivity contribution in [2.24, 2.45) is 0 Å². The number of sulfonamides is 1. The van der Waals surface area contributed by atoms with Gasteiger partial charge in [0.2, 0.25) is 10.0 Å². The first-order valence-electron chi connectivity index (χ1n) is 6.07. The van der Waals surface area contributed by atoms with Crippen molar-refractivity contribution in [2.45, 2.75) is 31.1 Å². The van der Waals surface area contributed by atoms with Gasteiger partial charge in [-0.25, -0.2) is 18.1 Å². The lowest BCUT2D eigenvalue weighted by atomic mass is 10.3. The summed E-state index contributed by atoms with van der Waals surface area (Å²) < 4.78 is 27.5. The summed E-state index contributed by atoms with van der Waals surface area (Å²) in [5.41, 5.74) is 0.998. The molecule has 0 spiro atoms. The number of thiazole rings is 1. The van der Waals surface area contributed by atoms with Crippen LogP contribution in [0, 0.1) is 13.8 Å². The third kappa shape index (κ3) is 3.64. The Hall–Kier alpha value is -0.800. The van der Waals surface area contributed by atoms with Crippen LogP contribution in [0.5, 0.6) is 0 Å². The first-order chi connectivity index (χ1) is 9.42. The fourth-order valence-electron chi connectivity index (χ4n) is 1.68. The number of aryl methyl sites for hydroxylation is 2. The molecule has 2 aromatic heterocycles. The minimum Gasteiger partial charge on any atom is -0.315 e. The summed E-state index contributed by atoms with van der Waals surface area (Å²) in [6.45, 7) is 4.79. The van der Waals surface area contributed by atoms with Crippen molar-refractivity contribution < 1.29 is 8.42 Å². The first-order valence-corrected chi connectivity index (χ1v) is 9.19. The number of hydrogen-bond acceptors (Lipinski definition) is 6. The second-order valence-electron chi connectivity index (χ2n) is 4.37. The third-order valence-corrected chi connectivity index (χ3v) is 6.73. The van der Waals surface area contributed by atoms with Crippen LogP contribution in [0.4, 0.5) is 0 Å². The van der Waals surface area contributed by atoms with Crippen molar-refractivity contribution in [3.05, 3.63) is 32.6 Å². The number of hydrogen-bond donors (Lipinski definition) is 2. The van der Waals surface area contributed by atoms with Crippen LogP contribution in [-0.4, -0.2) is 20.4 Å². The molecule has 2 aromatic rings. The normalized spacial score (nSPS) is 11.9. The highest BCUT2D eigenvalue weighted by Gasteiger charge is 2.18. The quantitative estimate of drug-likeness (QED) is 0.849. The number of rotatable bonds is 6. The first kappa shape index (κ1) is 15.6. The number of nitrogens with one attached hydrogen (secondary N) is 2. The van der Waals surface area contributed by atoms with E-state index < -0.39 is 10.0 Å². The highest BCUT2D eigenvalue weighted by molar-refractivity contribution is 7.91. The molecule has 8 heteroatoms. The van der Waals surface area contributed by atoms with Crippen LogP contribution in [0.1, 0.15) is 20.3 Å². The zero-order valence-electron chi connectivity index (χ0n) is 11.6. The summed E-state index contributed by atoms with van der Waals surface area (Å²) in [4.78, 5) is 6.07. The molecule has 0 radical (unpaired) electrons. The van der Waals surface area contributed by atoms with Gasteiger partial charge in [0.1, 0.15) is 4.21 Å². The van der Waals surface area contributed by atoms with E-state index in [0.29, 0.717) is 10.8 Å². The molecule has 0 fully saturated rings. The zero-order valence-corrected chi connectivity index (χ0v) is 14.0. The van der Waals surface area contributed by atoms with E-state index in [1.54, 1.807) is 12.3 Å². The van der Waals surface area contributed by atoms with Gasteiger partial charge in [-0.3, -0.25) is 0 Å². The molecule has 0 aliphatic rings. The molecule has 0 atom stereocenters. The van der Waals surface area contributed by atoms with Gasteiger partial charge in [0.05, 0.1) is 5.01 Å². The molecule has 5 nitrogen and oxygen atoms in total. The van der Waals surface area contributed by atoms with Crippen LogP contribution in [-0.2, 0) is 23.1 Å². The van der Waals surface area contributed by atoms with Crippen molar-refractivity contribution in [3.63, 3.8) is 0 Å². The van der Waals surface area contributed by atoms with Gasteiger partial charge in [-0.15, -0.1) is 22.7 Å². The Labute approximate surface area is 127 Å². The highest BCUT2D eigenvalue weighted by Crippen LogP contribution is 2.26. The molecule has 0 amide bonds. The van der Waals surface area contributed by atoms with Gasteiger partial charge >= 0.3 is 0 Å². The van der Waals surface area contributed by atoms with E-state index >= 15 is 0 Å². The van der Waals surface area contributed by atoms with Crippen LogP contribution >= 0.6 is 22.7 Å². The average Bonchev–Trinajstić information content (AvgIpc) is 2.95. The minimum atomic E-state index is -3.45. The van der Waals surface area contributed by atoms with Crippen molar-refractivity contribution in [1.82, 2.24) is 15.0 Å². The van der Waals surface area contributed by atoms with Gasteiger partial charge in [-0.1, -0.05) is 0 Å². The van der Waals surface area contributed by atoms with Crippen LogP contribution in [0.15, 0.2) is 16.5 Å². The lowest BCUT2D eigenvalue weighted by molar-refractivity contribution is 0.584. The van der Waals surface area contributed by atoms with Gasteiger partial charge in [0.25, 0.3) is 0 Å². The standard InChI is InChI=1S/C12H17N3O2S3/c1-8-4-12(19-11(8)7-13-3)20(16,17)15-6-10-5-14-9(2)18-10/h4-5,13,15H,6-7H2,1-3H3. The Bertz CT molecular complexity index is 689. The number of aromatic nitrogens is 1. The average molecular weight is 331 g/mol.